The van der Waals surface area contributed by atoms with Crippen LogP contribution in [0.4, 0.5) is 0 Å². The second-order valence-corrected chi connectivity index (χ2v) is 5.12. The van der Waals surface area contributed by atoms with Gasteiger partial charge in [-0.1, -0.05) is 22.9 Å². The number of methoxy groups -OCH3 is 1. The minimum absolute atomic E-state index is 0.196. The summed E-state index contributed by atoms with van der Waals surface area (Å²) in [5.41, 5.74) is 0.743. The number of carboxylic acid groups (broad SMARTS) is 1. The number of benzene rings is 1. The average molecular weight is 341 g/mol. The van der Waals surface area contributed by atoms with E-state index in [9.17, 15) is 4.79 Å². The monoisotopic (exact) mass is 340 g/mol. The van der Waals surface area contributed by atoms with Crippen molar-refractivity contribution in [3.63, 3.8) is 0 Å². The van der Waals surface area contributed by atoms with E-state index in [-0.39, 0.29) is 6.54 Å². The Labute approximate surface area is 123 Å². The third kappa shape index (κ3) is 2.96. The molecule has 1 unspecified atom stereocenters. The van der Waals surface area contributed by atoms with Gasteiger partial charge in [-0.05, 0) is 28.6 Å². The SMILES string of the molecule is COc1ccc(Br)c(-c2nnnn2CC(C)C(=O)O)c1. The molecule has 1 aromatic carbocycles. The van der Waals surface area contributed by atoms with Crippen molar-refractivity contribution in [2.45, 2.75) is 13.5 Å². The smallest absolute Gasteiger partial charge is 0.308 e. The molecule has 0 bridgehead atoms. The highest BCUT2D eigenvalue weighted by atomic mass is 79.9. The van der Waals surface area contributed by atoms with Gasteiger partial charge in [0, 0.05) is 10.0 Å². The summed E-state index contributed by atoms with van der Waals surface area (Å²) in [6.45, 7) is 1.80. The number of hydrogen-bond acceptors (Lipinski definition) is 5. The molecular weight excluding hydrogens is 328 g/mol. The van der Waals surface area contributed by atoms with Crippen molar-refractivity contribution >= 4 is 21.9 Å². The molecule has 0 radical (unpaired) electrons. The Kier molecular flexibility index (Phi) is 4.33. The molecule has 8 heteroatoms. The molecule has 0 saturated carbocycles. The van der Waals surface area contributed by atoms with E-state index in [0.717, 1.165) is 10.0 Å². The number of aliphatic carboxylic acids is 1. The van der Waals surface area contributed by atoms with Crippen LogP contribution in [0.15, 0.2) is 22.7 Å². The number of tetrazole rings is 1. The summed E-state index contributed by atoms with van der Waals surface area (Å²) in [7, 11) is 1.57. The maximum Gasteiger partial charge on any atom is 0.308 e. The van der Waals surface area contributed by atoms with E-state index in [1.54, 1.807) is 20.1 Å². The Morgan fingerprint density at radius 1 is 1.55 bits per heavy atom. The summed E-state index contributed by atoms with van der Waals surface area (Å²) in [5.74, 6) is -0.314. The van der Waals surface area contributed by atoms with E-state index in [0.29, 0.717) is 11.6 Å². The molecule has 0 aliphatic heterocycles. The summed E-state index contributed by atoms with van der Waals surface area (Å²) >= 11 is 3.43. The van der Waals surface area contributed by atoms with Gasteiger partial charge in [-0.3, -0.25) is 4.79 Å². The molecule has 0 amide bonds. The van der Waals surface area contributed by atoms with Gasteiger partial charge in [0.1, 0.15) is 5.75 Å². The second kappa shape index (κ2) is 6.00. The minimum atomic E-state index is -0.892. The van der Waals surface area contributed by atoms with Crippen LogP contribution < -0.4 is 4.74 Å². The number of halogens is 1. The quantitative estimate of drug-likeness (QED) is 0.892. The highest BCUT2D eigenvalue weighted by molar-refractivity contribution is 9.10. The number of rotatable bonds is 5. The summed E-state index contributed by atoms with van der Waals surface area (Å²) < 4.78 is 7.45. The van der Waals surface area contributed by atoms with E-state index >= 15 is 0 Å². The Morgan fingerprint density at radius 3 is 2.95 bits per heavy atom. The molecule has 7 nitrogen and oxygen atoms in total. The second-order valence-electron chi connectivity index (χ2n) is 4.27. The maximum atomic E-state index is 10.9. The molecule has 2 rings (SSSR count). The Balaban J connectivity index is 2.39. The lowest BCUT2D eigenvalue weighted by molar-refractivity contribution is -0.141. The predicted octanol–water partition coefficient (Wildman–Crippen LogP) is 1.83. The number of aromatic nitrogens is 4. The van der Waals surface area contributed by atoms with Crippen LogP contribution in [0.25, 0.3) is 11.4 Å². The van der Waals surface area contributed by atoms with E-state index in [1.165, 1.54) is 4.68 Å². The minimum Gasteiger partial charge on any atom is -0.497 e. The fourth-order valence-corrected chi connectivity index (χ4v) is 2.08. The lowest BCUT2D eigenvalue weighted by Crippen LogP contribution is -2.18. The number of carboxylic acids is 1. The molecule has 1 aromatic heterocycles. The first kappa shape index (κ1) is 14.4. The van der Waals surface area contributed by atoms with Crippen molar-refractivity contribution in [1.82, 2.24) is 20.2 Å². The lowest BCUT2D eigenvalue weighted by Gasteiger charge is -2.10. The zero-order valence-electron chi connectivity index (χ0n) is 10.9. The molecule has 0 aliphatic carbocycles. The van der Waals surface area contributed by atoms with Gasteiger partial charge in [0.15, 0.2) is 5.82 Å². The third-order valence-electron chi connectivity index (χ3n) is 2.81. The van der Waals surface area contributed by atoms with Crippen LogP contribution in [0.2, 0.25) is 0 Å². The van der Waals surface area contributed by atoms with Crippen molar-refractivity contribution in [2.24, 2.45) is 5.92 Å². The standard InChI is InChI=1S/C12H13BrN4O3/c1-7(12(18)19)6-17-11(14-15-16-17)9-5-8(20-2)3-4-10(9)13/h3-5,7H,6H2,1-2H3,(H,18,19). The van der Waals surface area contributed by atoms with E-state index in [1.807, 2.05) is 12.1 Å². The van der Waals surface area contributed by atoms with Crippen LogP contribution in [-0.2, 0) is 11.3 Å². The largest absolute Gasteiger partial charge is 0.497 e. The zero-order chi connectivity index (χ0) is 14.7. The highest BCUT2D eigenvalue weighted by Gasteiger charge is 2.18. The van der Waals surface area contributed by atoms with Crippen molar-refractivity contribution in [3.05, 3.63) is 22.7 Å². The maximum absolute atomic E-state index is 10.9. The molecule has 20 heavy (non-hydrogen) atoms. The average Bonchev–Trinajstić information content (AvgIpc) is 2.87. The Hall–Kier alpha value is -1.96. The summed E-state index contributed by atoms with van der Waals surface area (Å²) in [4.78, 5) is 10.9. The van der Waals surface area contributed by atoms with E-state index in [4.69, 9.17) is 9.84 Å². The fraction of sp³-hybridized carbons (Fsp3) is 0.333. The van der Waals surface area contributed by atoms with Gasteiger partial charge in [0.2, 0.25) is 0 Å². The molecule has 0 aliphatic rings. The Morgan fingerprint density at radius 2 is 2.30 bits per heavy atom. The Bertz CT molecular complexity index is 629. The van der Waals surface area contributed by atoms with Crippen molar-refractivity contribution < 1.29 is 14.6 Å². The van der Waals surface area contributed by atoms with Crippen molar-refractivity contribution in [1.29, 1.82) is 0 Å². The van der Waals surface area contributed by atoms with E-state index in [2.05, 4.69) is 31.5 Å². The van der Waals surface area contributed by atoms with E-state index < -0.39 is 11.9 Å². The molecule has 2 aromatic rings. The van der Waals surface area contributed by atoms with Crippen LogP contribution in [-0.4, -0.2) is 38.4 Å². The van der Waals surface area contributed by atoms with Gasteiger partial charge >= 0.3 is 5.97 Å². The van der Waals surface area contributed by atoms with Crippen LogP contribution in [0.5, 0.6) is 5.75 Å². The first-order chi connectivity index (χ1) is 9.52. The fourth-order valence-electron chi connectivity index (χ4n) is 1.66. The third-order valence-corrected chi connectivity index (χ3v) is 3.51. The van der Waals surface area contributed by atoms with Crippen LogP contribution in [0, 0.1) is 5.92 Å². The first-order valence-corrected chi connectivity index (χ1v) is 6.65. The van der Waals surface area contributed by atoms with Gasteiger partial charge < -0.3 is 9.84 Å². The molecule has 106 valence electrons. The number of carbonyl (C=O) groups is 1. The number of ether oxygens (including phenoxy) is 1. The topological polar surface area (TPSA) is 90.1 Å². The van der Waals surface area contributed by atoms with Crippen molar-refractivity contribution in [3.8, 4) is 17.1 Å². The predicted molar refractivity (Wildman–Crippen MR) is 74.3 cm³/mol. The van der Waals surface area contributed by atoms with Crippen LogP contribution in [0.3, 0.4) is 0 Å². The van der Waals surface area contributed by atoms with Gasteiger partial charge in [-0.15, -0.1) is 5.10 Å². The normalized spacial score (nSPS) is 12.2. The first-order valence-electron chi connectivity index (χ1n) is 5.85. The molecule has 1 N–H and O–H groups in total. The lowest BCUT2D eigenvalue weighted by atomic mass is 10.1. The molecular formula is C12H13BrN4O3. The molecule has 1 atom stereocenters. The van der Waals surface area contributed by atoms with Gasteiger partial charge in [0.25, 0.3) is 0 Å². The summed E-state index contributed by atoms with van der Waals surface area (Å²) in [6, 6.07) is 5.42. The molecule has 0 spiro atoms. The molecule has 1 heterocycles. The van der Waals surface area contributed by atoms with Gasteiger partial charge in [-0.2, -0.15) is 0 Å². The summed E-state index contributed by atoms with van der Waals surface area (Å²) in [6.07, 6.45) is 0. The summed E-state index contributed by atoms with van der Waals surface area (Å²) in [5, 5.41) is 20.4. The highest BCUT2D eigenvalue weighted by Crippen LogP contribution is 2.30. The van der Waals surface area contributed by atoms with Gasteiger partial charge in [-0.25, -0.2) is 4.68 Å². The van der Waals surface area contributed by atoms with Gasteiger partial charge in [0.05, 0.1) is 19.6 Å². The number of nitrogens with zero attached hydrogens (tertiary/aromatic N) is 4. The van der Waals surface area contributed by atoms with Crippen molar-refractivity contribution in [2.75, 3.05) is 7.11 Å². The molecule has 0 saturated heterocycles. The number of hydrogen-bond donors (Lipinski definition) is 1. The zero-order valence-corrected chi connectivity index (χ0v) is 12.5. The van der Waals surface area contributed by atoms with Crippen LogP contribution >= 0.6 is 15.9 Å². The van der Waals surface area contributed by atoms with Crippen LogP contribution in [0.1, 0.15) is 6.92 Å². The molecule has 0 fully saturated rings.